The van der Waals surface area contributed by atoms with Crippen LogP contribution in [0.2, 0.25) is 0 Å². The van der Waals surface area contributed by atoms with Crippen LogP contribution in [0.3, 0.4) is 0 Å². The molecule has 28 heavy (non-hydrogen) atoms. The summed E-state index contributed by atoms with van der Waals surface area (Å²) in [5.41, 5.74) is 1.14. The molecule has 0 saturated heterocycles. The van der Waals surface area contributed by atoms with E-state index in [9.17, 15) is 9.59 Å². The van der Waals surface area contributed by atoms with Gasteiger partial charge in [-0.15, -0.1) is 0 Å². The van der Waals surface area contributed by atoms with Gasteiger partial charge in [0, 0.05) is 6.54 Å². The predicted octanol–water partition coefficient (Wildman–Crippen LogP) is 3.51. The Hall–Kier alpha value is -3.34. The first-order valence-corrected chi connectivity index (χ1v) is 9.24. The summed E-state index contributed by atoms with van der Waals surface area (Å²) in [6, 6.07) is 23.3. The first kappa shape index (κ1) is 19.4. The van der Waals surface area contributed by atoms with Gasteiger partial charge in [0.05, 0.1) is 0 Å². The van der Waals surface area contributed by atoms with Crippen LogP contribution < -0.4 is 10.1 Å². The van der Waals surface area contributed by atoms with Crippen molar-refractivity contribution >= 4 is 22.6 Å². The van der Waals surface area contributed by atoms with Crippen molar-refractivity contribution in [2.45, 2.75) is 19.4 Å². The van der Waals surface area contributed by atoms with E-state index in [0.29, 0.717) is 12.3 Å². The number of fused-ring (bicyclic) bond motifs is 1. The summed E-state index contributed by atoms with van der Waals surface area (Å²) in [7, 11) is 0. The van der Waals surface area contributed by atoms with Crippen LogP contribution in [0, 0.1) is 0 Å². The van der Waals surface area contributed by atoms with Crippen molar-refractivity contribution < 1.29 is 19.1 Å². The Balaban J connectivity index is 1.41. The SMILES string of the molecule is CC(OC(=O)COc1ccc2ccccc2c1)C(=O)NCCc1ccccc1. The average molecular weight is 377 g/mol. The second kappa shape index (κ2) is 9.55. The molecule has 0 aliphatic heterocycles. The molecule has 0 spiro atoms. The van der Waals surface area contributed by atoms with E-state index >= 15 is 0 Å². The summed E-state index contributed by atoms with van der Waals surface area (Å²) in [5, 5.41) is 4.90. The molecular weight excluding hydrogens is 354 g/mol. The fourth-order valence-electron chi connectivity index (χ4n) is 2.80. The Kier molecular flexibility index (Phi) is 6.63. The maximum Gasteiger partial charge on any atom is 0.344 e. The number of hydrogen-bond donors (Lipinski definition) is 1. The monoisotopic (exact) mass is 377 g/mol. The van der Waals surface area contributed by atoms with E-state index in [1.807, 2.05) is 66.7 Å². The van der Waals surface area contributed by atoms with E-state index in [4.69, 9.17) is 9.47 Å². The molecule has 1 unspecified atom stereocenters. The molecule has 0 heterocycles. The fraction of sp³-hybridized carbons (Fsp3) is 0.217. The average Bonchev–Trinajstić information content (AvgIpc) is 2.72. The van der Waals surface area contributed by atoms with E-state index in [-0.39, 0.29) is 12.5 Å². The zero-order valence-electron chi connectivity index (χ0n) is 15.8. The zero-order chi connectivity index (χ0) is 19.8. The Labute approximate surface area is 164 Å². The van der Waals surface area contributed by atoms with Crippen molar-refractivity contribution in [1.82, 2.24) is 5.32 Å². The summed E-state index contributed by atoms with van der Waals surface area (Å²) in [6.45, 7) is 1.78. The third-order valence-electron chi connectivity index (χ3n) is 4.31. The van der Waals surface area contributed by atoms with Crippen molar-refractivity contribution in [2.75, 3.05) is 13.2 Å². The van der Waals surface area contributed by atoms with Crippen molar-refractivity contribution in [3.63, 3.8) is 0 Å². The molecule has 1 amide bonds. The number of carbonyl (C=O) groups excluding carboxylic acids is 2. The van der Waals surface area contributed by atoms with E-state index in [2.05, 4.69) is 5.32 Å². The molecule has 0 radical (unpaired) electrons. The lowest BCUT2D eigenvalue weighted by molar-refractivity contribution is -0.156. The lowest BCUT2D eigenvalue weighted by atomic mass is 10.1. The van der Waals surface area contributed by atoms with Crippen LogP contribution in [0.4, 0.5) is 0 Å². The highest BCUT2D eigenvalue weighted by molar-refractivity contribution is 5.84. The minimum absolute atomic E-state index is 0.250. The predicted molar refractivity (Wildman–Crippen MR) is 108 cm³/mol. The molecule has 3 aromatic rings. The number of esters is 1. The molecule has 3 rings (SSSR count). The van der Waals surface area contributed by atoms with E-state index in [0.717, 1.165) is 22.8 Å². The van der Waals surface area contributed by atoms with Gasteiger partial charge in [0.1, 0.15) is 5.75 Å². The minimum Gasteiger partial charge on any atom is -0.482 e. The minimum atomic E-state index is -0.872. The normalized spacial score (nSPS) is 11.6. The van der Waals surface area contributed by atoms with Gasteiger partial charge in [0.2, 0.25) is 0 Å². The van der Waals surface area contributed by atoms with Gasteiger partial charge in [-0.25, -0.2) is 4.79 Å². The lowest BCUT2D eigenvalue weighted by Crippen LogP contribution is -2.37. The zero-order valence-corrected chi connectivity index (χ0v) is 15.8. The highest BCUT2D eigenvalue weighted by atomic mass is 16.6. The van der Waals surface area contributed by atoms with E-state index in [1.54, 1.807) is 13.0 Å². The molecule has 0 aromatic heterocycles. The number of rotatable bonds is 8. The quantitative estimate of drug-likeness (QED) is 0.610. The van der Waals surface area contributed by atoms with Crippen LogP contribution >= 0.6 is 0 Å². The molecule has 0 aliphatic carbocycles. The van der Waals surface area contributed by atoms with Gasteiger partial charge >= 0.3 is 5.97 Å². The number of nitrogens with one attached hydrogen (secondary N) is 1. The van der Waals surface area contributed by atoms with Crippen LogP contribution in [0.25, 0.3) is 10.8 Å². The van der Waals surface area contributed by atoms with Crippen molar-refractivity contribution in [3.8, 4) is 5.75 Å². The summed E-state index contributed by atoms with van der Waals surface area (Å²) in [6.07, 6.45) is -0.151. The summed E-state index contributed by atoms with van der Waals surface area (Å²) in [4.78, 5) is 24.0. The van der Waals surface area contributed by atoms with E-state index in [1.165, 1.54) is 0 Å². The van der Waals surface area contributed by atoms with Crippen LogP contribution in [0.15, 0.2) is 72.8 Å². The Morgan fingerprint density at radius 2 is 1.64 bits per heavy atom. The highest BCUT2D eigenvalue weighted by Crippen LogP contribution is 2.20. The maximum atomic E-state index is 12.1. The molecule has 1 N–H and O–H groups in total. The topological polar surface area (TPSA) is 64.6 Å². The largest absolute Gasteiger partial charge is 0.482 e. The van der Waals surface area contributed by atoms with Gasteiger partial charge in [-0.3, -0.25) is 4.79 Å². The molecule has 3 aromatic carbocycles. The van der Waals surface area contributed by atoms with Gasteiger partial charge in [0.25, 0.3) is 5.91 Å². The van der Waals surface area contributed by atoms with Crippen molar-refractivity contribution in [2.24, 2.45) is 0 Å². The van der Waals surface area contributed by atoms with Crippen LogP contribution in [0.5, 0.6) is 5.75 Å². The molecule has 0 saturated carbocycles. The van der Waals surface area contributed by atoms with Gasteiger partial charge < -0.3 is 14.8 Å². The molecule has 5 heteroatoms. The molecule has 5 nitrogen and oxygen atoms in total. The van der Waals surface area contributed by atoms with Gasteiger partial charge in [-0.1, -0.05) is 60.7 Å². The van der Waals surface area contributed by atoms with Gasteiger partial charge in [-0.2, -0.15) is 0 Å². The molecule has 0 aliphatic rings. The number of carbonyl (C=O) groups is 2. The standard InChI is InChI=1S/C23H23NO4/c1-17(23(26)24-14-13-18-7-3-2-4-8-18)28-22(25)16-27-21-12-11-19-9-5-6-10-20(19)15-21/h2-12,15,17H,13-14,16H2,1H3,(H,24,26). The smallest absolute Gasteiger partial charge is 0.344 e. The Bertz CT molecular complexity index is 939. The van der Waals surface area contributed by atoms with Crippen molar-refractivity contribution in [3.05, 3.63) is 78.4 Å². The summed E-state index contributed by atoms with van der Waals surface area (Å²) < 4.78 is 10.6. The molecule has 0 fully saturated rings. The number of ether oxygens (including phenoxy) is 2. The number of hydrogen-bond acceptors (Lipinski definition) is 4. The lowest BCUT2D eigenvalue weighted by Gasteiger charge is -2.14. The summed E-state index contributed by atoms with van der Waals surface area (Å²) in [5.74, 6) is -0.329. The first-order chi connectivity index (χ1) is 13.6. The number of amides is 1. The Morgan fingerprint density at radius 1 is 0.929 bits per heavy atom. The molecule has 0 bridgehead atoms. The van der Waals surface area contributed by atoms with Gasteiger partial charge in [0.15, 0.2) is 12.7 Å². The maximum absolute atomic E-state index is 12.1. The highest BCUT2D eigenvalue weighted by Gasteiger charge is 2.17. The molecule has 144 valence electrons. The first-order valence-electron chi connectivity index (χ1n) is 9.24. The van der Waals surface area contributed by atoms with Crippen LogP contribution in [-0.2, 0) is 20.7 Å². The molecule has 1 atom stereocenters. The van der Waals surface area contributed by atoms with Crippen LogP contribution in [0.1, 0.15) is 12.5 Å². The number of benzene rings is 3. The second-order valence-electron chi connectivity index (χ2n) is 6.46. The van der Waals surface area contributed by atoms with E-state index < -0.39 is 12.1 Å². The van der Waals surface area contributed by atoms with Gasteiger partial charge in [-0.05, 0) is 41.8 Å². The third kappa shape index (κ3) is 5.58. The van der Waals surface area contributed by atoms with Crippen molar-refractivity contribution in [1.29, 1.82) is 0 Å². The third-order valence-corrected chi connectivity index (χ3v) is 4.31. The summed E-state index contributed by atoms with van der Waals surface area (Å²) >= 11 is 0. The fourth-order valence-corrected chi connectivity index (χ4v) is 2.80. The van der Waals surface area contributed by atoms with Crippen LogP contribution in [-0.4, -0.2) is 31.1 Å². The molecular formula is C23H23NO4. The Morgan fingerprint density at radius 3 is 2.43 bits per heavy atom. The second-order valence-corrected chi connectivity index (χ2v) is 6.46.